The third kappa shape index (κ3) is 2.74. The van der Waals surface area contributed by atoms with E-state index in [0.29, 0.717) is 17.8 Å². The molecular formula is C15H19N5O. The van der Waals surface area contributed by atoms with Crippen LogP contribution in [0, 0.1) is 6.92 Å². The first-order valence-electron chi connectivity index (χ1n) is 7.20. The summed E-state index contributed by atoms with van der Waals surface area (Å²) in [5, 5.41) is 11.3. The van der Waals surface area contributed by atoms with Gasteiger partial charge < -0.3 is 15.6 Å². The maximum atomic E-state index is 12.3. The summed E-state index contributed by atoms with van der Waals surface area (Å²) in [6, 6.07) is 5.34. The Morgan fingerprint density at radius 1 is 1.38 bits per heavy atom. The number of hydrogen-bond acceptors (Lipinski definition) is 4. The van der Waals surface area contributed by atoms with Crippen LogP contribution in [0.15, 0.2) is 18.2 Å². The van der Waals surface area contributed by atoms with E-state index in [4.69, 9.17) is 5.73 Å². The molecule has 1 aliphatic heterocycles. The molecule has 0 bridgehead atoms. The number of rotatable bonds is 3. The van der Waals surface area contributed by atoms with Crippen molar-refractivity contribution in [3.8, 4) is 0 Å². The van der Waals surface area contributed by atoms with Crippen molar-refractivity contribution in [2.75, 3.05) is 5.73 Å². The van der Waals surface area contributed by atoms with E-state index in [0.717, 1.165) is 43.0 Å². The molecule has 0 aliphatic carbocycles. The maximum Gasteiger partial charge on any atom is 0.252 e. The normalized spacial score (nSPS) is 13.8. The van der Waals surface area contributed by atoms with Crippen LogP contribution in [-0.2, 0) is 19.5 Å². The van der Waals surface area contributed by atoms with Gasteiger partial charge in [0.05, 0.1) is 6.54 Å². The lowest BCUT2D eigenvalue weighted by Gasteiger charge is -2.15. The molecule has 0 saturated carbocycles. The van der Waals surface area contributed by atoms with E-state index in [1.54, 1.807) is 12.1 Å². The summed E-state index contributed by atoms with van der Waals surface area (Å²) in [7, 11) is 0. The number of amides is 1. The fourth-order valence-corrected chi connectivity index (χ4v) is 2.64. The SMILES string of the molecule is Cc1ccc(N)cc1C(=O)NCc1nnc2n1CCCC2. The number of aryl methyl sites for hydroxylation is 2. The second kappa shape index (κ2) is 5.55. The van der Waals surface area contributed by atoms with Crippen molar-refractivity contribution < 1.29 is 4.79 Å². The molecule has 3 N–H and O–H groups in total. The Bertz CT molecular complexity index is 677. The van der Waals surface area contributed by atoms with Crippen LogP contribution >= 0.6 is 0 Å². The fourth-order valence-electron chi connectivity index (χ4n) is 2.64. The van der Waals surface area contributed by atoms with Gasteiger partial charge in [0.1, 0.15) is 5.82 Å². The van der Waals surface area contributed by atoms with Gasteiger partial charge in [-0.1, -0.05) is 6.07 Å². The van der Waals surface area contributed by atoms with Gasteiger partial charge in [0, 0.05) is 24.2 Å². The molecule has 0 fully saturated rings. The van der Waals surface area contributed by atoms with Gasteiger partial charge in [-0.3, -0.25) is 4.79 Å². The monoisotopic (exact) mass is 285 g/mol. The predicted octanol–water partition coefficient (Wildman–Crippen LogP) is 1.44. The molecule has 0 saturated heterocycles. The zero-order valence-corrected chi connectivity index (χ0v) is 12.1. The van der Waals surface area contributed by atoms with Crippen molar-refractivity contribution in [1.29, 1.82) is 0 Å². The minimum absolute atomic E-state index is 0.132. The molecule has 1 aliphatic rings. The van der Waals surface area contributed by atoms with Gasteiger partial charge >= 0.3 is 0 Å². The highest BCUT2D eigenvalue weighted by atomic mass is 16.1. The zero-order valence-electron chi connectivity index (χ0n) is 12.1. The van der Waals surface area contributed by atoms with E-state index >= 15 is 0 Å². The first kappa shape index (κ1) is 13.6. The quantitative estimate of drug-likeness (QED) is 0.835. The van der Waals surface area contributed by atoms with Gasteiger partial charge in [-0.25, -0.2) is 0 Å². The van der Waals surface area contributed by atoms with Crippen LogP contribution in [0.25, 0.3) is 0 Å². The molecule has 0 radical (unpaired) electrons. The Kier molecular flexibility index (Phi) is 3.60. The maximum absolute atomic E-state index is 12.3. The number of nitrogen functional groups attached to an aromatic ring is 1. The van der Waals surface area contributed by atoms with E-state index in [9.17, 15) is 4.79 Å². The van der Waals surface area contributed by atoms with Crippen LogP contribution in [0.4, 0.5) is 5.69 Å². The molecule has 0 unspecified atom stereocenters. The average molecular weight is 285 g/mol. The molecule has 21 heavy (non-hydrogen) atoms. The third-order valence-electron chi connectivity index (χ3n) is 3.85. The summed E-state index contributed by atoms with van der Waals surface area (Å²) in [4.78, 5) is 12.3. The van der Waals surface area contributed by atoms with Crippen LogP contribution in [0.2, 0.25) is 0 Å². The zero-order chi connectivity index (χ0) is 14.8. The van der Waals surface area contributed by atoms with Crippen LogP contribution in [0.3, 0.4) is 0 Å². The summed E-state index contributed by atoms with van der Waals surface area (Å²) >= 11 is 0. The Morgan fingerprint density at radius 2 is 2.24 bits per heavy atom. The van der Waals surface area contributed by atoms with Gasteiger partial charge in [0.15, 0.2) is 5.82 Å². The standard InChI is InChI=1S/C15H19N5O/c1-10-5-6-11(16)8-12(10)15(21)17-9-14-19-18-13-4-2-3-7-20(13)14/h5-6,8H,2-4,7,9,16H2,1H3,(H,17,21). The van der Waals surface area contributed by atoms with E-state index in [2.05, 4.69) is 20.1 Å². The second-order valence-electron chi connectivity index (χ2n) is 5.40. The number of nitrogens with zero attached hydrogens (tertiary/aromatic N) is 3. The van der Waals surface area contributed by atoms with Crippen molar-refractivity contribution >= 4 is 11.6 Å². The smallest absolute Gasteiger partial charge is 0.252 e. The highest BCUT2D eigenvalue weighted by molar-refractivity contribution is 5.96. The van der Waals surface area contributed by atoms with Gasteiger partial charge in [-0.15, -0.1) is 10.2 Å². The molecule has 1 aromatic carbocycles. The Balaban J connectivity index is 1.71. The summed E-state index contributed by atoms with van der Waals surface area (Å²) in [5.74, 6) is 1.71. The molecule has 6 nitrogen and oxygen atoms in total. The molecule has 1 aromatic heterocycles. The number of carbonyl (C=O) groups excluding carboxylic acids is 1. The molecule has 2 aromatic rings. The van der Waals surface area contributed by atoms with Crippen molar-refractivity contribution in [1.82, 2.24) is 20.1 Å². The van der Waals surface area contributed by atoms with Crippen molar-refractivity contribution in [3.63, 3.8) is 0 Å². The van der Waals surface area contributed by atoms with E-state index in [1.807, 2.05) is 13.0 Å². The fraction of sp³-hybridized carbons (Fsp3) is 0.400. The summed E-state index contributed by atoms with van der Waals surface area (Å²) < 4.78 is 2.11. The van der Waals surface area contributed by atoms with Crippen molar-refractivity contribution in [3.05, 3.63) is 41.0 Å². The number of fused-ring (bicyclic) bond motifs is 1. The lowest BCUT2D eigenvalue weighted by Crippen LogP contribution is -2.26. The lowest BCUT2D eigenvalue weighted by molar-refractivity contribution is 0.0948. The summed E-state index contributed by atoms with van der Waals surface area (Å²) in [5.41, 5.74) is 7.84. The largest absolute Gasteiger partial charge is 0.399 e. The molecule has 2 heterocycles. The molecule has 0 spiro atoms. The number of hydrogen-bond donors (Lipinski definition) is 2. The Labute approximate surface area is 123 Å². The Hall–Kier alpha value is -2.37. The van der Waals surface area contributed by atoms with Gasteiger partial charge in [-0.05, 0) is 37.5 Å². The lowest BCUT2D eigenvalue weighted by atomic mass is 10.1. The number of anilines is 1. The number of nitrogens with two attached hydrogens (primary N) is 1. The molecule has 110 valence electrons. The van der Waals surface area contributed by atoms with Gasteiger partial charge in [-0.2, -0.15) is 0 Å². The van der Waals surface area contributed by atoms with Crippen LogP contribution in [0.5, 0.6) is 0 Å². The molecule has 3 rings (SSSR count). The van der Waals surface area contributed by atoms with Gasteiger partial charge in [0.25, 0.3) is 5.91 Å². The highest BCUT2D eigenvalue weighted by Crippen LogP contribution is 2.15. The number of benzene rings is 1. The topological polar surface area (TPSA) is 85.8 Å². The minimum Gasteiger partial charge on any atom is -0.399 e. The van der Waals surface area contributed by atoms with Crippen LogP contribution < -0.4 is 11.1 Å². The molecular weight excluding hydrogens is 266 g/mol. The first-order chi connectivity index (χ1) is 10.1. The summed E-state index contributed by atoms with van der Waals surface area (Å²) in [6.07, 6.45) is 3.27. The summed E-state index contributed by atoms with van der Waals surface area (Å²) in [6.45, 7) is 3.22. The van der Waals surface area contributed by atoms with Crippen LogP contribution in [-0.4, -0.2) is 20.7 Å². The molecule has 6 heteroatoms. The predicted molar refractivity (Wildman–Crippen MR) is 79.7 cm³/mol. The van der Waals surface area contributed by atoms with Gasteiger partial charge in [0.2, 0.25) is 0 Å². The third-order valence-corrected chi connectivity index (χ3v) is 3.85. The first-order valence-corrected chi connectivity index (χ1v) is 7.20. The van der Waals surface area contributed by atoms with Crippen LogP contribution in [0.1, 0.15) is 40.4 Å². The Morgan fingerprint density at radius 3 is 3.10 bits per heavy atom. The second-order valence-corrected chi connectivity index (χ2v) is 5.40. The van der Waals surface area contributed by atoms with Crippen molar-refractivity contribution in [2.24, 2.45) is 0 Å². The van der Waals surface area contributed by atoms with E-state index < -0.39 is 0 Å². The average Bonchev–Trinajstić information content (AvgIpc) is 2.90. The molecule has 1 amide bonds. The number of carbonyl (C=O) groups is 1. The number of nitrogens with one attached hydrogen (secondary N) is 1. The minimum atomic E-state index is -0.132. The van der Waals surface area contributed by atoms with E-state index in [-0.39, 0.29) is 5.91 Å². The van der Waals surface area contributed by atoms with E-state index in [1.165, 1.54) is 0 Å². The van der Waals surface area contributed by atoms with Crippen molar-refractivity contribution in [2.45, 2.75) is 39.3 Å². The highest BCUT2D eigenvalue weighted by Gasteiger charge is 2.16. The molecule has 0 atom stereocenters. The number of aromatic nitrogens is 3.